The first kappa shape index (κ1) is 16.3. The molecule has 0 radical (unpaired) electrons. The summed E-state index contributed by atoms with van der Waals surface area (Å²) in [5.41, 5.74) is 9.09. The predicted octanol–water partition coefficient (Wildman–Crippen LogP) is 4.17. The lowest BCUT2D eigenvalue weighted by Crippen LogP contribution is -2.00. The third-order valence-electron chi connectivity index (χ3n) is 3.57. The van der Waals surface area contributed by atoms with E-state index in [0.29, 0.717) is 17.2 Å². The maximum Gasteiger partial charge on any atom is 0.221 e. The van der Waals surface area contributed by atoms with E-state index in [2.05, 4.69) is 25.9 Å². The standard InChI is InChI=1S/C18H16BrN3O2/c1-23-13-7-8-17(24-2)14(9-13)16-10-15(21-18(20)22-16)11-3-5-12(19)6-4-11/h3-10H,1-2H3,(H2,20,21,22). The second-order valence-corrected chi connectivity index (χ2v) is 5.99. The van der Waals surface area contributed by atoms with E-state index in [9.17, 15) is 0 Å². The SMILES string of the molecule is COc1ccc(OC)c(-c2cc(-c3ccc(Br)cc3)nc(N)n2)c1. The summed E-state index contributed by atoms with van der Waals surface area (Å²) < 4.78 is 11.7. The summed E-state index contributed by atoms with van der Waals surface area (Å²) in [7, 11) is 3.23. The first-order valence-electron chi connectivity index (χ1n) is 7.23. The summed E-state index contributed by atoms with van der Waals surface area (Å²) in [6, 6.07) is 15.3. The van der Waals surface area contributed by atoms with Crippen molar-refractivity contribution in [2.24, 2.45) is 0 Å². The Labute approximate surface area is 148 Å². The highest BCUT2D eigenvalue weighted by Crippen LogP contribution is 2.34. The largest absolute Gasteiger partial charge is 0.497 e. The number of ether oxygens (including phenoxy) is 2. The van der Waals surface area contributed by atoms with Gasteiger partial charge in [-0.25, -0.2) is 9.97 Å². The molecule has 3 rings (SSSR count). The molecule has 122 valence electrons. The van der Waals surface area contributed by atoms with Crippen LogP contribution in [0.5, 0.6) is 11.5 Å². The van der Waals surface area contributed by atoms with Crippen molar-refractivity contribution in [2.45, 2.75) is 0 Å². The maximum atomic E-state index is 5.92. The molecule has 6 heteroatoms. The lowest BCUT2D eigenvalue weighted by Gasteiger charge is -2.11. The van der Waals surface area contributed by atoms with Crippen LogP contribution in [0.2, 0.25) is 0 Å². The maximum absolute atomic E-state index is 5.92. The number of methoxy groups -OCH3 is 2. The van der Waals surface area contributed by atoms with E-state index in [0.717, 1.165) is 21.3 Å². The number of hydrogen-bond donors (Lipinski definition) is 1. The van der Waals surface area contributed by atoms with Gasteiger partial charge in [0.15, 0.2) is 0 Å². The third kappa shape index (κ3) is 3.33. The van der Waals surface area contributed by atoms with E-state index in [1.807, 2.05) is 48.5 Å². The molecule has 0 saturated heterocycles. The Hall–Kier alpha value is -2.60. The molecular formula is C18H16BrN3O2. The summed E-state index contributed by atoms with van der Waals surface area (Å²) in [5, 5.41) is 0. The van der Waals surface area contributed by atoms with Crippen LogP contribution in [-0.4, -0.2) is 24.2 Å². The molecule has 0 atom stereocenters. The zero-order chi connectivity index (χ0) is 17.1. The van der Waals surface area contributed by atoms with Crippen LogP contribution in [0.4, 0.5) is 5.95 Å². The van der Waals surface area contributed by atoms with Gasteiger partial charge in [-0.05, 0) is 36.4 Å². The van der Waals surface area contributed by atoms with Gasteiger partial charge in [0.1, 0.15) is 11.5 Å². The van der Waals surface area contributed by atoms with Crippen LogP contribution in [-0.2, 0) is 0 Å². The fraction of sp³-hybridized carbons (Fsp3) is 0.111. The van der Waals surface area contributed by atoms with Crippen LogP contribution in [0, 0.1) is 0 Å². The van der Waals surface area contributed by atoms with Gasteiger partial charge in [0.05, 0.1) is 25.6 Å². The second-order valence-electron chi connectivity index (χ2n) is 5.07. The number of nitrogen functional groups attached to an aromatic ring is 1. The molecule has 0 fully saturated rings. The van der Waals surface area contributed by atoms with Crippen molar-refractivity contribution in [1.82, 2.24) is 9.97 Å². The van der Waals surface area contributed by atoms with E-state index < -0.39 is 0 Å². The molecule has 0 saturated carbocycles. The lowest BCUT2D eigenvalue weighted by molar-refractivity contribution is 0.404. The van der Waals surface area contributed by atoms with Crippen LogP contribution in [0.3, 0.4) is 0 Å². The monoisotopic (exact) mass is 385 g/mol. The van der Waals surface area contributed by atoms with Crippen LogP contribution in [0.25, 0.3) is 22.5 Å². The molecule has 24 heavy (non-hydrogen) atoms. The van der Waals surface area contributed by atoms with Gasteiger partial charge in [-0.2, -0.15) is 0 Å². The number of nitrogens with zero attached hydrogens (tertiary/aromatic N) is 2. The van der Waals surface area contributed by atoms with Gasteiger partial charge in [0.2, 0.25) is 5.95 Å². The first-order valence-corrected chi connectivity index (χ1v) is 8.03. The summed E-state index contributed by atoms with van der Waals surface area (Å²) in [4.78, 5) is 8.69. The molecule has 0 aliphatic heterocycles. The Morgan fingerprint density at radius 3 is 2.25 bits per heavy atom. The quantitative estimate of drug-likeness (QED) is 0.729. The molecule has 0 aliphatic rings. The number of nitrogens with two attached hydrogens (primary N) is 1. The van der Waals surface area contributed by atoms with Gasteiger partial charge in [-0.3, -0.25) is 0 Å². The number of rotatable bonds is 4. The number of hydrogen-bond acceptors (Lipinski definition) is 5. The zero-order valence-electron chi connectivity index (χ0n) is 13.3. The van der Waals surface area contributed by atoms with Crippen LogP contribution in [0.1, 0.15) is 0 Å². The normalized spacial score (nSPS) is 10.5. The van der Waals surface area contributed by atoms with E-state index in [1.54, 1.807) is 14.2 Å². The van der Waals surface area contributed by atoms with Crippen LogP contribution < -0.4 is 15.2 Å². The van der Waals surface area contributed by atoms with Gasteiger partial charge in [0, 0.05) is 15.6 Å². The molecule has 2 N–H and O–H groups in total. The minimum atomic E-state index is 0.204. The highest BCUT2D eigenvalue weighted by Gasteiger charge is 2.12. The van der Waals surface area contributed by atoms with Gasteiger partial charge in [-0.1, -0.05) is 28.1 Å². The Kier molecular flexibility index (Phi) is 4.66. The number of aromatic nitrogens is 2. The molecule has 1 heterocycles. The molecule has 0 spiro atoms. The van der Waals surface area contributed by atoms with Gasteiger partial charge in [-0.15, -0.1) is 0 Å². The molecule has 2 aromatic carbocycles. The molecule has 3 aromatic rings. The Morgan fingerprint density at radius 2 is 1.58 bits per heavy atom. The average Bonchev–Trinajstić information content (AvgIpc) is 2.61. The van der Waals surface area contributed by atoms with Crippen molar-refractivity contribution in [2.75, 3.05) is 20.0 Å². The third-order valence-corrected chi connectivity index (χ3v) is 4.09. The van der Waals surface area contributed by atoms with Crippen molar-refractivity contribution in [3.8, 4) is 34.0 Å². The van der Waals surface area contributed by atoms with E-state index in [1.165, 1.54) is 0 Å². The van der Waals surface area contributed by atoms with Gasteiger partial charge >= 0.3 is 0 Å². The highest BCUT2D eigenvalue weighted by atomic mass is 79.9. The van der Waals surface area contributed by atoms with Crippen molar-refractivity contribution < 1.29 is 9.47 Å². The van der Waals surface area contributed by atoms with Crippen molar-refractivity contribution in [1.29, 1.82) is 0 Å². The fourth-order valence-electron chi connectivity index (χ4n) is 2.39. The van der Waals surface area contributed by atoms with Crippen LogP contribution in [0.15, 0.2) is 53.0 Å². The Morgan fingerprint density at radius 1 is 0.875 bits per heavy atom. The summed E-state index contributed by atoms with van der Waals surface area (Å²) in [6.45, 7) is 0. The van der Waals surface area contributed by atoms with E-state index >= 15 is 0 Å². The first-order chi connectivity index (χ1) is 11.6. The smallest absolute Gasteiger partial charge is 0.221 e. The van der Waals surface area contributed by atoms with Crippen molar-refractivity contribution in [3.05, 3.63) is 53.0 Å². The molecule has 5 nitrogen and oxygen atoms in total. The minimum absolute atomic E-state index is 0.204. The van der Waals surface area contributed by atoms with E-state index in [-0.39, 0.29) is 5.95 Å². The van der Waals surface area contributed by atoms with Gasteiger partial charge < -0.3 is 15.2 Å². The molecular weight excluding hydrogens is 370 g/mol. The minimum Gasteiger partial charge on any atom is -0.497 e. The highest BCUT2D eigenvalue weighted by molar-refractivity contribution is 9.10. The summed E-state index contributed by atoms with van der Waals surface area (Å²) >= 11 is 3.43. The Bertz CT molecular complexity index is 867. The van der Waals surface area contributed by atoms with Crippen molar-refractivity contribution in [3.63, 3.8) is 0 Å². The average molecular weight is 386 g/mol. The summed E-state index contributed by atoms with van der Waals surface area (Å²) in [6.07, 6.45) is 0. The molecule has 1 aromatic heterocycles. The lowest BCUT2D eigenvalue weighted by atomic mass is 10.1. The summed E-state index contributed by atoms with van der Waals surface area (Å²) in [5.74, 6) is 1.61. The number of benzene rings is 2. The Balaban J connectivity index is 2.14. The number of anilines is 1. The fourth-order valence-corrected chi connectivity index (χ4v) is 2.65. The molecule has 0 amide bonds. The molecule has 0 unspecified atom stereocenters. The van der Waals surface area contributed by atoms with Crippen molar-refractivity contribution >= 4 is 21.9 Å². The van der Waals surface area contributed by atoms with E-state index in [4.69, 9.17) is 15.2 Å². The number of halogens is 1. The molecule has 0 bridgehead atoms. The predicted molar refractivity (Wildman–Crippen MR) is 98.1 cm³/mol. The molecule has 0 aliphatic carbocycles. The zero-order valence-corrected chi connectivity index (χ0v) is 14.9. The van der Waals surface area contributed by atoms with Gasteiger partial charge in [0.25, 0.3) is 0 Å². The topological polar surface area (TPSA) is 70.3 Å². The van der Waals surface area contributed by atoms with Crippen LogP contribution >= 0.6 is 15.9 Å². The second kappa shape index (κ2) is 6.88.